The van der Waals surface area contributed by atoms with Crippen molar-refractivity contribution in [3.8, 4) is 10.8 Å². The zero-order valence-electron chi connectivity index (χ0n) is 12.9. The van der Waals surface area contributed by atoms with E-state index in [1.165, 1.54) is 33.4 Å². The van der Waals surface area contributed by atoms with Crippen molar-refractivity contribution in [2.24, 2.45) is 0 Å². The Kier molecular flexibility index (Phi) is 4.47. The molecule has 0 radical (unpaired) electrons. The Balaban J connectivity index is 0.00000104. The largest absolute Gasteiger partial charge is 1.00 e. The number of nitrogens with one attached hydrogen (secondary N) is 1. The van der Waals surface area contributed by atoms with Crippen molar-refractivity contribution in [1.82, 2.24) is 19.9 Å². The molecule has 4 heterocycles. The van der Waals surface area contributed by atoms with Crippen LogP contribution in [0.2, 0.25) is 0 Å². The molecule has 1 atom stereocenters. The van der Waals surface area contributed by atoms with Crippen molar-refractivity contribution in [3.63, 3.8) is 0 Å². The van der Waals surface area contributed by atoms with E-state index in [1.54, 1.807) is 18.5 Å². The molecule has 0 bridgehead atoms. The number of thioether (sulfide) groups is 1. The molecule has 1 unspecified atom stereocenters. The number of aliphatic carboxylic acids is 1. The van der Waals surface area contributed by atoms with E-state index in [0.717, 1.165) is 5.01 Å². The second-order valence-corrected chi connectivity index (χ2v) is 6.44. The molecule has 7 nitrogen and oxygen atoms in total. The predicted molar refractivity (Wildman–Crippen MR) is 82.7 cm³/mol. The van der Waals surface area contributed by atoms with Crippen molar-refractivity contribution >= 4 is 41.1 Å². The SMILES string of the molecule is O=C(O)C1=CSC2/C(=C\c3cnc(-c4nccs4)[nH]3)C(=O)N12.[H-].[Na+]. The van der Waals surface area contributed by atoms with Gasteiger partial charge in [0, 0.05) is 17.0 Å². The fourth-order valence-electron chi connectivity index (χ4n) is 2.29. The van der Waals surface area contributed by atoms with Gasteiger partial charge in [0.15, 0.2) is 10.8 Å². The van der Waals surface area contributed by atoms with Crippen LogP contribution in [0.3, 0.4) is 0 Å². The number of carboxylic acid groups (broad SMARTS) is 1. The molecule has 0 aromatic carbocycles. The van der Waals surface area contributed by atoms with Crippen LogP contribution in [0, 0.1) is 0 Å². The summed E-state index contributed by atoms with van der Waals surface area (Å²) < 4.78 is 0. The average Bonchev–Trinajstić information content (AvgIpc) is 3.22. The maximum atomic E-state index is 12.1. The monoisotopic (exact) mass is 356 g/mol. The number of carboxylic acids is 1. The number of carbonyl (C=O) groups is 2. The van der Waals surface area contributed by atoms with Crippen LogP contribution in [0.25, 0.3) is 16.9 Å². The van der Waals surface area contributed by atoms with E-state index in [-0.39, 0.29) is 48.0 Å². The van der Waals surface area contributed by atoms with Gasteiger partial charge in [0.1, 0.15) is 11.1 Å². The molecule has 1 amide bonds. The third kappa shape index (κ3) is 2.68. The Hall–Kier alpha value is -1.39. The van der Waals surface area contributed by atoms with E-state index >= 15 is 0 Å². The van der Waals surface area contributed by atoms with Gasteiger partial charge in [0.2, 0.25) is 0 Å². The van der Waals surface area contributed by atoms with E-state index in [4.69, 9.17) is 5.11 Å². The fourth-order valence-corrected chi connectivity index (χ4v) is 4.00. The molecule has 112 valence electrons. The summed E-state index contributed by atoms with van der Waals surface area (Å²) in [5.41, 5.74) is 1.29. The van der Waals surface area contributed by atoms with Crippen molar-refractivity contribution in [2.45, 2.75) is 5.37 Å². The number of thiazole rings is 1. The molecule has 0 spiro atoms. The summed E-state index contributed by atoms with van der Waals surface area (Å²) in [4.78, 5) is 35.9. The topological polar surface area (TPSA) is 99.2 Å². The zero-order chi connectivity index (χ0) is 15.3. The number of β-lactam (4-membered cyclic amide) rings is 1. The van der Waals surface area contributed by atoms with Crippen molar-refractivity contribution in [2.75, 3.05) is 0 Å². The van der Waals surface area contributed by atoms with Crippen LogP contribution in [0.15, 0.2) is 34.5 Å². The number of hydrogen-bond acceptors (Lipinski definition) is 6. The van der Waals surface area contributed by atoms with E-state index in [1.807, 2.05) is 5.38 Å². The zero-order valence-corrected chi connectivity index (χ0v) is 15.5. The summed E-state index contributed by atoms with van der Waals surface area (Å²) in [7, 11) is 0. The standard InChI is InChI=1S/C13H8N4O3S2.Na.H/c18-11-7(12-17(11)8(5-22-12)13(19)20)3-6-4-15-9(16-6)10-14-1-2-21-10;;/h1-5,12H,(H,15,16)(H,19,20);;/q;+1;-1/b7-3-;;. The molecule has 2 aromatic heterocycles. The summed E-state index contributed by atoms with van der Waals surface area (Å²) in [6.45, 7) is 0. The van der Waals surface area contributed by atoms with Crippen molar-refractivity contribution < 1.29 is 45.7 Å². The Bertz CT molecular complexity index is 849. The van der Waals surface area contributed by atoms with Crippen LogP contribution in [-0.4, -0.2) is 42.2 Å². The molecule has 1 fully saturated rings. The molecule has 0 aliphatic carbocycles. The summed E-state index contributed by atoms with van der Waals surface area (Å²) in [5.74, 6) is -0.724. The first-order valence-electron chi connectivity index (χ1n) is 6.24. The van der Waals surface area contributed by atoms with Crippen LogP contribution >= 0.6 is 23.1 Å². The minimum absolute atomic E-state index is 0. The van der Waals surface area contributed by atoms with Gasteiger partial charge in [-0.25, -0.2) is 14.8 Å². The van der Waals surface area contributed by atoms with E-state index in [2.05, 4.69) is 15.0 Å². The van der Waals surface area contributed by atoms with E-state index in [9.17, 15) is 9.59 Å². The first-order valence-corrected chi connectivity index (χ1v) is 8.06. The van der Waals surface area contributed by atoms with E-state index in [0.29, 0.717) is 17.1 Å². The third-order valence-corrected chi connectivity index (χ3v) is 5.16. The average molecular weight is 356 g/mol. The summed E-state index contributed by atoms with van der Waals surface area (Å²) >= 11 is 2.78. The smallest absolute Gasteiger partial charge is 1.00 e. The number of nitrogens with zero attached hydrogens (tertiary/aromatic N) is 3. The molecule has 2 N–H and O–H groups in total. The summed E-state index contributed by atoms with van der Waals surface area (Å²) in [6.07, 6.45) is 5.03. The molecular weight excluding hydrogens is 347 g/mol. The van der Waals surface area contributed by atoms with Gasteiger partial charge < -0.3 is 11.5 Å². The molecular formula is C13H9N4NaO3S2. The predicted octanol–water partition coefficient (Wildman–Crippen LogP) is -1.13. The number of aromatic amines is 1. The Morgan fingerprint density at radius 3 is 3.00 bits per heavy atom. The minimum Gasteiger partial charge on any atom is -1.00 e. The van der Waals surface area contributed by atoms with Crippen LogP contribution < -0.4 is 29.6 Å². The summed E-state index contributed by atoms with van der Waals surface area (Å²) in [5, 5.41) is 12.9. The number of imidazole rings is 1. The fraction of sp³-hybridized carbons (Fsp3) is 0.0769. The molecule has 0 saturated carbocycles. The number of carbonyl (C=O) groups excluding carboxylic acids is 1. The second-order valence-electron chi connectivity index (χ2n) is 4.60. The number of fused-ring (bicyclic) bond motifs is 1. The first-order chi connectivity index (χ1) is 10.6. The molecule has 23 heavy (non-hydrogen) atoms. The molecule has 10 heteroatoms. The number of hydrogen-bond donors (Lipinski definition) is 2. The van der Waals surface area contributed by atoms with Gasteiger partial charge in [-0.05, 0) is 6.08 Å². The minimum atomic E-state index is -1.09. The molecule has 2 aliphatic heterocycles. The Labute approximate surface area is 162 Å². The number of amides is 1. The van der Waals surface area contributed by atoms with Gasteiger partial charge in [-0.15, -0.1) is 23.1 Å². The van der Waals surface area contributed by atoms with Crippen molar-refractivity contribution in [1.29, 1.82) is 0 Å². The number of rotatable bonds is 3. The molecule has 2 aromatic rings. The maximum Gasteiger partial charge on any atom is 1.00 e. The summed E-state index contributed by atoms with van der Waals surface area (Å²) in [6, 6.07) is 0. The maximum absolute atomic E-state index is 12.1. The van der Waals surface area contributed by atoms with Gasteiger partial charge in [0.05, 0.1) is 17.5 Å². The van der Waals surface area contributed by atoms with Crippen LogP contribution in [-0.2, 0) is 9.59 Å². The van der Waals surface area contributed by atoms with Gasteiger partial charge in [-0.1, -0.05) is 0 Å². The molecule has 4 rings (SSSR count). The quantitative estimate of drug-likeness (QED) is 0.410. The Morgan fingerprint density at radius 1 is 1.48 bits per heavy atom. The second kappa shape index (κ2) is 6.25. The van der Waals surface area contributed by atoms with Crippen LogP contribution in [0.4, 0.5) is 0 Å². The molecule has 2 aliphatic rings. The van der Waals surface area contributed by atoms with E-state index < -0.39 is 5.97 Å². The normalized spacial score (nSPS) is 20.8. The van der Waals surface area contributed by atoms with Gasteiger partial charge >= 0.3 is 35.5 Å². The van der Waals surface area contributed by atoms with Gasteiger partial charge in [-0.3, -0.25) is 9.69 Å². The Morgan fingerprint density at radius 2 is 2.30 bits per heavy atom. The third-order valence-electron chi connectivity index (χ3n) is 3.29. The van der Waals surface area contributed by atoms with Gasteiger partial charge in [0.25, 0.3) is 5.91 Å². The van der Waals surface area contributed by atoms with Gasteiger partial charge in [-0.2, -0.15) is 0 Å². The van der Waals surface area contributed by atoms with Crippen LogP contribution in [0.1, 0.15) is 7.12 Å². The first kappa shape index (κ1) is 16.5. The number of H-pyrrole nitrogens is 1. The van der Waals surface area contributed by atoms with Crippen LogP contribution in [0.5, 0.6) is 0 Å². The number of aromatic nitrogens is 3. The molecule has 1 saturated heterocycles. The van der Waals surface area contributed by atoms with Crippen molar-refractivity contribution in [3.05, 3.63) is 40.1 Å².